The summed E-state index contributed by atoms with van der Waals surface area (Å²) in [6.07, 6.45) is 1.78. The van der Waals surface area contributed by atoms with Crippen LogP contribution in [0.3, 0.4) is 0 Å². The van der Waals surface area contributed by atoms with E-state index in [1.807, 2.05) is 63.2 Å². The Labute approximate surface area is 169 Å². The van der Waals surface area contributed by atoms with E-state index >= 15 is 0 Å². The predicted octanol–water partition coefficient (Wildman–Crippen LogP) is 6.56. The van der Waals surface area contributed by atoms with Crippen LogP contribution in [0.25, 0.3) is 5.76 Å². The van der Waals surface area contributed by atoms with Crippen LogP contribution in [-0.2, 0) is 4.74 Å². The molecule has 0 N–H and O–H groups in total. The summed E-state index contributed by atoms with van der Waals surface area (Å²) < 4.78 is 6.01. The first-order valence-electron chi connectivity index (χ1n) is 8.62. The van der Waals surface area contributed by atoms with Crippen LogP contribution in [0.2, 0.25) is 0 Å². The van der Waals surface area contributed by atoms with E-state index in [0.29, 0.717) is 5.76 Å². The van der Waals surface area contributed by atoms with Crippen molar-refractivity contribution in [2.75, 3.05) is 0 Å². The second kappa shape index (κ2) is 8.63. The third kappa shape index (κ3) is 5.88. The molecule has 3 rings (SSSR count). The van der Waals surface area contributed by atoms with Gasteiger partial charge < -0.3 is 4.74 Å². The molecule has 0 aliphatic heterocycles. The van der Waals surface area contributed by atoms with E-state index in [-0.39, 0.29) is 5.60 Å². The molecule has 3 aromatic rings. The molecule has 0 unspecified atom stereocenters. The van der Waals surface area contributed by atoms with Crippen LogP contribution < -0.4 is 0 Å². The summed E-state index contributed by atoms with van der Waals surface area (Å²) in [5.41, 5.74) is 0.428. The smallest absolute Gasteiger partial charge is 0.139 e. The summed E-state index contributed by atoms with van der Waals surface area (Å²) in [6, 6.07) is 20.2. The van der Waals surface area contributed by atoms with E-state index in [0.717, 1.165) is 25.5 Å². The molecule has 0 aliphatic rings. The van der Waals surface area contributed by atoms with Gasteiger partial charge in [-0.25, -0.2) is 9.97 Å². The van der Waals surface area contributed by atoms with Gasteiger partial charge in [-0.2, -0.15) is 0 Å². The highest BCUT2D eigenvalue weighted by molar-refractivity contribution is 7.99. The molecule has 0 radical (unpaired) electrons. The SMILES string of the molecule is C=C(OC(C)(C)C)c1nc(Sc2ccccn2)ccc1Sc1ccccc1. The molecule has 0 aliphatic carbocycles. The molecule has 0 fully saturated rings. The van der Waals surface area contributed by atoms with Gasteiger partial charge in [0.25, 0.3) is 0 Å². The van der Waals surface area contributed by atoms with E-state index in [1.54, 1.807) is 18.0 Å². The van der Waals surface area contributed by atoms with E-state index in [1.165, 1.54) is 11.8 Å². The summed E-state index contributed by atoms with van der Waals surface area (Å²) in [6.45, 7) is 10.2. The number of ether oxygens (including phenoxy) is 1. The first kappa shape index (κ1) is 19.5. The Morgan fingerprint density at radius 3 is 2.30 bits per heavy atom. The minimum absolute atomic E-state index is 0.336. The van der Waals surface area contributed by atoms with E-state index in [2.05, 4.69) is 29.8 Å². The van der Waals surface area contributed by atoms with Crippen molar-refractivity contribution in [1.29, 1.82) is 0 Å². The van der Waals surface area contributed by atoms with Gasteiger partial charge in [-0.15, -0.1) is 0 Å². The average Bonchev–Trinajstić information content (AvgIpc) is 2.63. The first-order valence-corrected chi connectivity index (χ1v) is 10.3. The van der Waals surface area contributed by atoms with E-state index in [9.17, 15) is 0 Å². The number of nitrogens with zero attached hydrogens (tertiary/aromatic N) is 2. The Morgan fingerprint density at radius 1 is 0.889 bits per heavy atom. The molecule has 5 heteroatoms. The Balaban J connectivity index is 1.93. The van der Waals surface area contributed by atoms with E-state index < -0.39 is 0 Å². The molecular weight excluding hydrogens is 372 g/mol. The van der Waals surface area contributed by atoms with Crippen molar-refractivity contribution in [3.05, 3.63) is 79.1 Å². The fraction of sp³-hybridized carbons (Fsp3) is 0.182. The molecule has 1 aromatic carbocycles. The van der Waals surface area contributed by atoms with Crippen LogP contribution in [0.15, 0.2) is 93.3 Å². The van der Waals surface area contributed by atoms with Gasteiger partial charge in [0.2, 0.25) is 0 Å². The topological polar surface area (TPSA) is 35.0 Å². The molecule has 0 spiro atoms. The number of benzene rings is 1. The van der Waals surface area contributed by atoms with Gasteiger partial charge in [-0.1, -0.05) is 54.4 Å². The van der Waals surface area contributed by atoms with Crippen LogP contribution in [0, 0.1) is 0 Å². The summed E-state index contributed by atoms with van der Waals surface area (Å²) >= 11 is 3.18. The zero-order valence-electron chi connectivity index (χ0n) is 15.7. The molecule has 2 heterocycles. The van der Waals surface area contributed by atoms with Crippen molar-refractivity contribution >= 4 is 29.3 Å². The minimum atomic E-state index is -0.336. The van der Waals surface area contributed by atoms with Gasteiger partial charge in [-0.3, -0.25) is 0 Å². The summed E-state index contributed by atoms with van der Waals surface area (Å²) in [7, 11) is 0. The van der Waals surface area contributed by atoms with Gasteiger partial charge in [0.15, 0.2) is 0 Å². The average molecular weight is 395 g/mol. The standard InChI is InChI=1S/C22H22N2OS2/c1-16(25-22(2,3)4)21-18(26-17-10-6-5-7-11-17)13-14-20(24-21)27-19-12-8-9-15-23-19/h5-15H,1H2,2-4H3. The van der Waals surface area contributed by atoms with Crippen molar-refractivity contribution in [2.45, 2.75) is 46.2 Å². The zero-order chi connectivity index (χ0) is 19.3. The van der Waals surface area contributed by atoms with E-state index in [4.69, 9.17) is 9.72 Å². The summed E-state index contributed by atoms with van der Waals surface area (Å²) in [4.78, 5) is 11.4. The lowest BCUT2D eigenvalue weighted by Crippen LogP contribution is -2.18. The lowest BCUT2D eigenvalue weighted by molar-refractivity contribution is 0.0965. The fourth-order valence-corrected chi connectivity index (χ4v) is 4.00. The number of rotatable bonds is 6. The first-order chi connectivity index (χ1) is 12.9. The number of hydrogen-bond donors (Lipinski definition) is 0. The van der Waals surface area contributed by atoms with Crippen LogP contribution in [0.5, 0.6) is 0 Å². The number of pyridine rings is 2. The summed E-state index contributed by atoms with van der Waals surface area (Å²) in [5, 5.41) is 1.77. The molecule has 0 saturated carbocycles. The maximum Gasteiger partial charge on any atom is 0.139 e. The van der Waals surface area contributed by atoms with Crippen molar-refractivity contribution in [3.8, 4) is 0 Å². The van der Waals surface area contributed by atoms with Crippen molar-refractivity contribution < 1.29 is 4.74 Å². The third-order valence-electron chi connectivity index (χ3n) is 3.34. The van der Waals surface area contributed by atoms with Crippen molar-refractivity contribution in [2.24, 2.45) is 0 Å². The molecule has 0 amide bonds. The zero-order valence-corrected chi connectivity index (χ0v) is 17.3. The highest BCUT2D eigenvalue weighted by Crippen LogP contribution is 2.36. The molecule has 3 nitrogen and oxygen atoms in total. The molecular formula is C22H22N2OS2. The molecule has 27 heavy (non-hydrogen) atoms. The molecule has 0 atom stereocenters. The predicted molar refractivity (Wildman–Crippen MR) is 113 cm³/mol. The second-order valence-corrected chi connectivity index (χ2v) is 8.98. The van der Waals surface area contributed by atoms with Crippen LogP contribution in [0.1, 0.15) is 26.5 Å². The Morgan fingerprint density at radius 2 is 1.63 bits per heavy atom. The third-order valence-corrected chi connectivity index (χ3v) is 5.29. The largest absolute Gasteiger partial charge is 0.486 e. The summed E-state index contributed by atoms with van der Waals surface area (Å²) in [5.74, 6) is 0.574. The van der Waals surface area contributed by atoms with Gasteiger partial charge in [-0.05, 0) is 57.2 Å². The lowest BCUT2D eigenvalue weighted by Gasteiger charge is -2.23. The Kier molecular flexibility index (Phi) is 6.24. The highest BCUT2D eigenvalue weighted by atomic mass is 32.2. The quantitative estimate of drug-likeness (QED) is 0.442. The number of hydrogen-bond acceptors (Lipinski definition) is 5. The van der Waals surface area contributed by atoms with Gasteiger partial charge in [0.1, 0.15) is 27.1 Å². The van der Waals surface area contributed by atoms with Crippen molar-refractivity contribution in [3.63, 3.8) is 0 Å². The van der Waals surface area contributed by atoms with Crippen molar-refractivity contribution in [1.82, 2.24) is 9.97 Å². The Bertz CT molecular complexity index is 907. The fourth-order valence-electron chi connectivity index (χ4n) is 2.32. The normalized spacial score (nSPS) is 11.2. The monoisotopic (exact) mass is 394 g/mol. The highest BCUT2D eigenvalue weighted by Gasteiger charge is 2.18. The maximum atomic E-state index is 6.01. The van der Waals surface area contributed by atoms with Crippen LogP contribution in [-0.4, -0.2) is 15.6 Å². The van der Waals surface area contributed by atoms with Gasteiger partial charge in [0, 0.05) is 16.0 Å². The minimum Gasteiger partial charge on any atom is -0.486 e. The molecule has 0 bridgehead atoms. The second-order valence-electron chi connectivity index (χ2n) is 6.82. The molecule has 0 saturated heterocycles. The molecule has 138 valence electrons. The maximum absolute atomic E-state index is 6.01. The molecule has 2 aromatic heterocycles. The van der Waals surface area contributed by atoms with Gasteiger partial charge >= 0.3 is 0 Å². The lowest BCUT2D eigenvalue weighted by atomic mass is 10.2. The van der Waals surface area contributed by atoms with Crippen LogP contribution in [0.4, 0.5) is 0 Å². The van der Waals surface area contributed by atoms with Gasteiger partial charge in [0.05, 0.1) is 0 Å². The van der Waals surface area contributed by atoms with Crippen LogP contribution >= 0.6 is 23.5 Å². The Hall–Kier alpha value is -2.24. The number of aromatic nitrogens is 2.